The molecule has 3 atom stereocenters. The number of carbonyl (C=O) groups is 2. The van der Waals surface area contributed by atoms with Crippen LogP contribution in [0.15, 0.2) is 0 Å². The molecule has 0 saturated carbocycles. The Balaban J connectivity index is 1.72. The molecule has 118 valence electrons. The van der Waals surface area contributed by atoms with Gasteiger partial charge in [-0.1, -0.05) is 13.8 Å². The zero-order chi connectivity index (χ0) is 15.0. The maximum Gasteiger partial charge on any atom is 0.225 e. The van der Waals surface area contributed by atoms with E-state index in [9.17, 15) is 9.59 Å². The lowest BCUT2D eigenvalue weighted by molar-refractivity contribution is -0.150. The lowest BCUT2D eigenvalue weighted by Gasteiger charge is -2.52. The van der Waals surface area contributed by atoms with E-state index in [1.54, 1.807) is 0 Å². The summed E-state index contributed by atoms with van der Waals surface area (Å²) < 4.78 is 0. The molecule has 0 N–H and O–H groups in total. The lowest BCUT2D eigenvalue weighted by Crippen LogP contribution is -2.61. The minimum atomic E-state index is 0.188. The Kier molecular flexibility index (Phi) is 4.23. The molecule has 2 bridgehead atoms. The molecular formula is C17H28N2O2. The van der Waals surface area contributed by atoms with Crippen LogP contribution in [0.1, 0.15) is 52.4 Å². The molecule has 3 rings (SSSR count). The number of hydrogen-bond donors (Lipinski definition) is 0. The summed E-state index contributed by atoms with van der Waals surface area (Å²) in [6, 6.07) is 0.403. The Labute approximate surface area is 127 Å². The molecule has 4 heteroatoms. The molecule has 0 spiro atoms. The molecule has 0 aliphatic carbocycles. The van der Waals surface area contributed by atoms with Crippen LogP contribution in [0.4, 0.5) is 0 Å². The van der Waals surface area contributed by atoms with Crippen molar-refractivity contribution >= 4 is 11.8 Å². The lowest BCUT2D eigenvalue weighted by atomic mass is 9.75. The maximum atomic E-state index is 12.7. The van der Waals surface area contributed by atoms with Gasteiger partial charge in [-0.15, -0.1) is 0 Å². The molecule has 3 aliphatic rings. The van der Waals surface area contributed by atoms with E-state index in [1.807, 2.05) is 0 Å². The van der Waals surface area contributed by atoms with Crippen molar-refractivity contribution in [1.82, 2.24) is 9.80 Å². The van der Waals surface area contributed by atoms with Gasteiger partial charge in [-0.3, -0.25) is 9.59 Å². The SMILES string of the molecule is CCC(CC)C(=O)N1CC2CC(C1)[C@H]1CCCC(=O)N1C2. The summed E-state index contributed by atoms with van der Waals surface area (Å²) in [6.07, 6.45) is 5.98. The Hall–Kier alpha value is -1.06. The van der Waals surface area contributed by atoms with Crippen molar-refractivity contribution in [2.24, 2.45) is 17.8 Å². The van der Waals surface area contributed by atoms with Crippen LogP contribution in [-0.2, 0) is 9.59 Å². The van der Waals surface area contributed by atoms with E-state index in [0.29, 0.717) is 29.7 Å². The van der Waals surface area contributed by atoms with Gasteiger partial charge in [0.05, 0.1) is 0 Å². The highest BCUT2D eigenvalue weighted by molar-refractivity contribution is 5.79. The van der Waals surface area contributed by atoms with Crippen LogP contribution in [0.2, 0.25) is 0 Å². The second-order valence-corrected chi connectivity index (χ2v) is 7.12. The van der Waals surface area contributed by atoms with Gasteiger partial charge in [-0.25, -0.2) is 0 Å². The molecule has 21 heavy (non-hydrogen) atoms. The fraction of sp³-hybridized carbons (Fsp3) is 0.882. The molecule has 3 saturated heterocycles. The minimum absolute atomic E-state index is 0.188. The summed E-state index contributed by atoms with van der Waals surface area (Å²) in [5.41, 5.74) is 0. The van der Waals surface area contributed by atoms with Gasteiger partial charge in [-0.05, 0) is 43.9 Å². The van der Waals surface area contributed by atoms with Crippen molar-refractivity contribution in [3.05, 3.63) is 0 Å². The number of fused-ring (bicyclic) bond motifs is 4. The van der Waals surface area contributed by atoms with Crippen LogP contribution in [0.25, 0.3) is 0 Å². The second-order valence-electron chi connectivity index (χ2n) is 7.12. The number of likely N-dealkylation sites (tertiary alicyclic amines) is 1. The monoisotopic (exact) mass is 292 g/mol. The molecule has 0 radical (unpaired) electrons. The first-order valence-corrected chi connectivity index (χ1v) is 8.72. The Morgan fingerprint density at radius 1 is 1.24 bits per heavy atom. The number of piperidine rings is 3. The van der Waals surface area contributed by atoms with Crippen LogP contribution in [-0.4, -0.2) is 47.3 Å². The van der Waals surface area contributed by atoms with E-state index in [-0.39, 0.29) is 5.92 Å². The number of amides is 2. The third-order valence-corrected chi connectivity index (χ3v) is 5.83. The highest BCUT2D eigenvalue weighted by Gasteiger charge is 2.45. The number of nitrogens with zero attached hydrogens (tertiary/aromatic N) is 2. The van der Waals surface area contributed by atoms with Crippen molar-refractivity contribution in [3.63, 3.8) is 0 Å². The summed E-state index contributed by atoms with van der Waals surface area (Å²) in [5, 5.41) is 0. The summed E-state index contributed by atoms with van der Waals surface area (Å²) in [7, 11) is 0. The summed E-state index contributed by atoms with van der Waals surface area (Å²) in [4.78, 5) is 29.0. The Bertz CT molecular complexity index is 419. The van der Waals surface area contributed by atoms with Gasteiger partial charge in [0.15, 0.2) is 0 Å². The molecule has 2 unspecified atom stereocenters. The zero-order valence-corrected chi connectivity index (χ0v) is 13.4. The van der Waals surface area contributed by atoms with Gasteiger partial charge in [0.1, 0.15) is 0 Å². The van der Waals surface area contributed by atoms with Gasteiger partial charge in [-0.2, -0.15) is 0 Å². The quantitative estimate of drug-likeness (QED) is 0.800. The number of carbonyl (C=O) groups excluding carboxylic acids is 2. The van der Waals surface area contributed by atoms with E-state index in [4.69, 9.17) is 0 Å². The van der Waals surface area contributed by atoms with Crippen LogP contribution in [0.5, 0.6) is 0 Å². The fourth-order valence-corrected chi connectivity index (χ4v) is 4.69. The Morgan fingerprint density at radius 3 is 2.71 bits per heavy atom. The molecule has 0 aromatic carbocycles. The van der Waals surface area contributed by atoms with Crippen molar-refractivity contribution in [1.29, 1.82) is 0 Å². The van der Waals surface area contributed by atoms with Crippen LogP contribution < -0.4 is 0 Å². The van der Waals surface area contributed by atoms with Gasteiger partial charge < -0.3 is 9.80 Å². The first-order chi connectivity index (χ1) is 10.1. The standard InChI is InChI=1S/C17H28N2O2/c1-3-13(4-2)17(21)18-9-12-8-14(11-18)15-6-5-7-16(20)19(15)10-12/h12-15H,3-11H2,1-2H3/t12?,14?,15-/m1/s1. The van der Waals surface area contributed by atoms with Crippen molar-refractivity contribution in [2.75, 3.05) is 19.6 Å². The van der Waals surface area contributed by atoms with Gasteiger partial charge in [0.25, 0.3) is 0 Å². The van der Waals surface area contributed by atoms with Gasteiger partial charge in [0.2, 0.25) is 11.8 Å². The highest BCUT2D eigenvalue weighted by Crippen LogP contribution is 2.38. The van der Waals surface area contributed by atoms with E-state index in [2.05, 4.69) is 23.6 Å². The summed E-state index contributed by atoms with van der Waals surface area (Å²) in [5.74, 6) is 1.90. The summed E-state index contributed by atoms with van der Waals surface area (Å²) in [6.45, 7) is 6.84. The molecule has 0 aromatic rings. The van der Waals surface area contributed by atoms with Gasteiger partial charge in [0, 0.05) is 38.0 Å². The predicted octanol–water partition coefficient (Wildman–Crippen LogP) is 2.28. The van der Waals surface area contributed by atoms with E-state index in [1.165, 1.54) is 6.42 Å². The van der Waals surface area contributed by atoms with Crippen LogP contribution >= 0.6 is 0 Å². The smallest absolute Gasteiger partial charge is 0.225 e. The molecule has 2 amide bonds. The maximum absolute atomic E-state index is 12.7. The highest BCUT2D eigenvalue weighted by atomic mass is 16.2. The average Bonchev–Trinajstić information content (AvgIpc) is 2.49. The third kappa shape index (κ3) is 2.69. The van der Waals surface area contributed by atoms with Crippen molar-refractivity contribution < 1.29 is 9.59 Å². The normalized spacial score (nSPS) is 32.3. The predicted molar refractivity (Wildman–Crippen MR) is 81.6 cm³/mol. The second kappa shape index (κ2) is 5.98. The molecule has 0 aromatic heterocycles. The first kappa shape index (κ1) is 14.9. The zero-order valence-electron chi connectivity index (χ0n) is 13.4. The first-order valence-electron chi connectivity index (χ1n) is 8.72. The minimum Gasteiger partial charge on any atom is -0.342 e. The molecule has 3 fully saturated rings. The van der Waals surface area contributed by atoms with Gasteiger partial charge >= 0.3 is 0 Å². The van der Waals surface area contributed by atoms with Crippen LogP contribution in [0.3, 0.4) is 0 Å². The molecular weight excluding hydrogens is 264 g/mol. The van der Waals surface area contributed by atoms with Crippen molar-refractivity contribution in [3.8, 4) is 0 Å². The Morgan fingerprint density at radius 2 is 2.00 bits per heavy atom. The third-order valence-electron chi connectivity index (χ3n) is 5.83. The van der Waals surface area contributed by atoms with E-state index in [0.717, 1.165) is 51.7 Å². The fourth-order valence-electron chi connectivity index (χ4n) is 4.69. The molecule has 3 aliphatic heterocycles. The average molecular weight is 292 g/mol. The van der Waals surface area contributed by atoms with Crippen LogP contribution in [0, 0.1) is 17.8 Å². The number of hydrogen-bond acceptors (Lipinski definition) is 2. The van der Waals surface area contributed by atoms with E-state index >= 15 is 0 Å². The van der Waals surface area contributed by atoms with E-state index < -0.39 is 0 Å². The topological polar surface area (TPSA) is 40.6 Å². The number of rotatable bonds is 3. The molecule has 3 heterocycles. The summed E-state index contributed by atoms with van der Waals surface area (Å²) >= 11 is 0. The van der Waals surface area contributed by atoms with Crippen molar-refractivity contribution in [2.45, 2.75) is 58.4 Å². The molecule has 4 nitrogen and oxygen atoms in total. The largest absolute Gasteiger partial charge is 0.342 e.